The number of amides is 2. The predicted molar refractivity (Wildman–Crippen MR) is 89.3 cm³/mol. The summed E-state index contributed by atoms with van der Waals surface area (Å²) < 4.78 is 15.4. The van der Waals surface area contributed by atoms with Gasteiger partial charge in [-0.15, -0.1) is 0 Å². The van der Waals surface area contributed by atoms with Crippen LogP contribution in [0.15, 0.2) is 34.9 Å². The first-order valence-electron chi connectivity index (χ1n) is 8.04. The third-order valence-corrected chi connectivity index (χ3v) is 3.67. The van der Waals surface area contributed by atoms with Crippen molar-refractivity contribution in [1.82, 2.24) is 9.88 Å². The van der Waals surface area contributed by atoms with Crippen molar-refractivity contribution in [1.29, 1.82) is 0 Å². The Morgan fingerprint density at radius 2 is 1.96 bits per heavy atom. The summed E-state index contributed by atoms with van der Waals surface area (Å²) >= 11 is 0. The molecule has 1 saturated heterocycles. The first-order valence-corrected chi connectivity index (χ1v) is 8.04. The number of aromatic nitrogens is 1. The van der Waals surface area contributed by atoms with Gasteiger partial charge in [0.25, 0.3) is 0 Å². The monoisotopic (exact) mass is 345 g/mol. The number of nitrogens with zero attached hydrogens (tertiary/aromatic N) is 2. The van der Waals surface area contributed by atoms with Crippen LogP contribution in [0.25, 0.3) is 11.5 Å². The van der Waals surface area contributed by atoms with Gasteiger partial charge in [0.1, 0.15) is 6.26 Å². The third kappa shape index (κ3) is 4.16. The average Bonchev–Trinajstić information content (AvgIpc) is 3.13. The Kier molecular flexibility index (Phi) is 5.30. The number of carbonyl (C=O) groups excluding carboxylic acids is 2. The van der Waals surface area contributed by atoms with E-state index in [0.717, 1.165) is 0 Å². The molecule has 8 heteroatoms. The van der Waals surface area contributed by atoms with E-state index in [4.69, 9.17) is 13.9 Å². The molecule has 0 aliphatic carbocycles. The summed E-state index contributed by atoms with van der Waals surface area (Å²) in [6, 6.07) is 6.87. The van der Waals surface area contributed by atoms with E-state index in [1.165, 1.54) is 6.26 Å². The standard InChI is InChI=1S/C17H19N3O5/c1-2-24-16(21)14-11-25-15(19-14)12-3-5-13(6-4-12)18-17(22)20-7-9-23-10-8-20/h3-6,11H,2,7-10H2,1H3,(H,18,22). The van der Waals surface area contributed by atoms with E-state index in [1.54, 1.807) is 36.1 Å². The van der Waals surface area contributed by atoms with Crippen LogP contribution in [0.2, 0.25) is 0 Å². The fourth-order valence-corrected chi connectivity index (χ4v) is 2.37. The highest BCUT2D eigenvalue weighted by molar-refractivity contribution is 5.90. The molecule has 0 radical (unpaired) electrons. The van der Waals surface area contributed by atoms with E-state index in [-0.39, 0.29) is 18.3 Å². The van der Waals surface area contributed by atoms with Crippen molar-refractivity contribution >= 4 is 17.7 Å². The molecule has 0 spiro atoms. The molecule has 0 saturated carbocycles. The summed E-state index contributed by atoms with van der Waals surface area (Å²) in [5, 5.41) is 2.84. The fourth-order valence-electron chi connectivity index (χ4n) is 2.37. The van der Waals surface area contributed by atoms with E-state index in [2.05, 4.69) is 10.3 Å². The van der Waals surface area contributed by atoms with Crippen molar-refractivity contribution < 1.29 is 23.5 Å². The second-order valence-corrected chi connectivity index (χ2v) is 5.37. The second kappa shape index (κ2) is 7.80. The zero-order valence-electron chi connectivity index (χ0n) is 13.9. The average molecular weight is 345 g/mol. The quantitative estimate of drug-likeness (QED) is 0.855. The SMILES string of the molecule is CCOC(=O)c1coc(-c2ccc(NC(=O)N3CCOCC3)cc2)n1. The maximum Gasteiger partial charge on any atom is 0.360 e. The number of rotatable bonds is 4. The minimum Gasteiger partial charge on any atom is -0.461 e. The lowest BCUT2D eigenvalue weighted by atomic mass is 10.2. The zero-order valence-corrected chi connectivity index (χ0v) is 13.9. The summed E-state index contributed by atoms with van der Waals surface area (Å²) in [5.74, 6) is -0.207. The Bertz CT molecular complexity index is 735. The highest BCUT2D eigenvalue weighted by Gasteiger charge is 2.17. The molecular weight excluding hydrogens is 326 g/mol. The van der Waals surface area contributed by atoms with Gasteiger partial charge in [-0.25, -0.2) is 14.6 Å². The van der Waals surface area contributed by atoms with Gasteiger partial charge in [-0.1, -0.05) is 0 Å². The van der Waals surface area contributed by atoms with E-state index in [9.17, 15) is 9.59 Å². The number of hydrogen-bond acceptors (Lipinski definition) is 6. The number of nitrogens with one attached hydrogen (secondary N) is 1. The molecule has 1 N–H and O–H groups in total. The maximum atomic E-state index is 12.1. The fraction of sp³-hybridized carbons (Fsp3) is 0.353. The van der Waals surface area contributed by atoms with Gasteiger partial charge in [-0.05, 0) is 31.2 Å². The van der Waals surface area contributed by atoms with Crippen LogP contribution in [0.5, 0.6) is 0 Å². The zero-order chi connectivity index (χ0) is 17.6. The smallest absolute Gasteiger partial charge is 0.360 e. The maximum absolute atomic E-state index is 12.1. The van der Waals surface area contributed by atoms with Gasteiger partial charge in [-0.3, -0.25) is 0 Å². The molecule has 0 bridgehead atoms. The molecule has 132 valence electrons. The number of carbonyl (C=O) groups is 2. The molecule has 1 aromatic heterocycles. The van der Waals surface area contributed by atoms with Crippen LogP contribution in [0.3, 0.4) is 0 Å². The van der Waals surface area contributed by atoms with Crippen molar-refractivity contribution in [3.8, 4) is 11.5 Å². The lowest BCUT2D eigenvalue weighted by molar-refractivity contribution is 0.0519. The number of esters is 1. The van der Waals surface area contributed by atoms with Gasteiger partial charge >= 0.3 is 12.0 Å². The molecule has 2 heterocycles. The van der Waals surface area contributed by atoms with Gasteiger partial charge in [0.05, 0.1) is 19.8 Å². The van der Waals surface area contributed by atoms with Crippen LogP contribution < -0.4 is 5.32 Å². The Morgan fingerprint density at radius 3 is 2.64 bits per heavy atom. The van der Waals surface area contributed by atoms with Crippen molar-refractivity contribution in [2.24, 2.45) is 0 Å². The van der Waals surface area contributed by atoms with Crippen molar-refractivity contribution in [2.75, 3.05) is 38.2 Å². The third-order valence-electron chi connectivity index (χ3n) is 3.67. The van der Waals surface area contributed by atoms with Crippen LogP contribution in [0, 0.1) is 0 Å². The number of oxazole rings is 1. The highest BCUT2D eigenvalue weighted by Crippen LogP contribution is 2.21. The minimum atomic E-state index is -0.521. The predicted octanol–water partition coefficient (Wildman–Crippen LogP) is 2.38. The molecule has 8 nitrogen and oxygen atoms in total. The number of ether oxygens (including phenoxy) is 2. The largest absolute Gasteiger partial charge is 0.461 e. The van der Waals surface area contributed by atoms with E-state index < -0.39 is 5.97 Å². The summed E-state index contributed by atoms with van der Waals surface area (Å²) in [6.45, 7) is 4.27. The molecule has 1 aromatic carbocycles. The number of morpholine rings is 1. The molecule has 1 fully saturated rings. The molecule has 3 rings (SSSR count). The number of benzene rings is 1. The van der Waals surface area contributed by atoms with Crippen LogP contribution in [-0.4, -0.2) is 54.8 Å². The molecular formula is C17H19N3O5. The van der Waals surface area contributed by atoms with Gasteiger partial charge in [0, 0.05) is 24.3 Å². The van der Waals surface area contributed by atoms with Gasteiger partial charge in [0.15, 0.2) is 5.69 Å². The summed E-state index contributed by atoms with van der Waals surface area (Å²) in [6.07, 6.45) is 1.27. The molecule has 0 unspecified atom stereocenters. The van der Waals surface area contributed by atoms with Crippen molar-refractivity contribution in [3.63, 3.8) is 0 Å². The van der Waals surface area contributed by atoms with Crippen LogP contribution >= 0.6 is 0 Å². The Balaban J connectivity index is 1.64. The Labute approximate surface area is 144 Å². The first kappa shape index (κ1) is 17.0. The minimum absolute atomic E-state index is 0.126. The van der Waals surface area contributed by atoms with E-state index in [0.29, 0.717) is 43.4 Å². The van der Waals surface area contributed by atoms with Gasteiger partial charge in [-0.2, -0.15) is 0 Å². The number of urea groups is 1. The summed E-state index contributed by atoms with van der Waals surface area (Å²) in [4.78, 5) is 29.6. The van der Waals surface area contributed by atoms with Gasteiger partial charge < -0.3 is 24.1 Å². The highest BCUT2D eigenvalue weighted by atomic mass is 16.5. The van der Waals surface area contributed by atoms with E-state index in [1.807, 2.05) is 0 Å². The van der Waals surface area contributed by atoms with Crippen LogP contribution in [0.1, 0.15) is 17.4 Å². The molecule has 1 aliphatic heterocycles. The van der Waals surface area contributed by atoms with E-state index >= 15 is 0 Å². The van der Waals surface area contributed by atoms with Crippen molar-refractivity contribution in [3.05, 3.63) is 36.2 Å². The Morgan fingerprint density at radius 1 is 1.24 bits per heavy atom. The van der Waals surface area contributed by atoms with Crippen molar-refractivity contribution in [2.45, 2.75) is 6.92 Å². The van der Waals surface area contributed by atoms with Crippen LogP contribution in [-0.2, 0) is 9.47 Å². The number of hydrogen-bond donors (Lipinski definition) is 1. The molecule has 2 amide bonds. The summed E-state index contributed by atoms with van der Waals surface area (Å²) in [7, 11) is 0. The second-order valence-electron chi connectivity index (χ2n) is 5.37. The summed E-state index contributed by atoms with van der Waals surface area (Å²) in [5.41, 5.74) is 1.49. The normalized spacial score (nSPS) is 14.2. The van der Waals surface area contributed by atoms with Crippen LogP contribution in [0.4, 0.5) is 10.5 Å². The molecule has 25 heavy (non-hydrogen) atoms. The molecule has 2 aromatic rings. The Hall–Kier alpha value is -2.87. The topological polar surface area (TPSA) is 93.9 Å². The lowest BCUT2D eigenvalue weighted by Crippen LogP contribution is -2.43. The van der Waals surface area contributed by atoms with Gasteiger partial charge in [0.2, 0.25) is 5.89 Å². The lowest BCUT2D eigenvalue weighted by Gasteiger charge is -2.26. The molecule has 0 atom stereocenters. The molecule has 1 aliphatic rings. The first-order chi connectivity index (χ1) is 12.2. The number of anilines is 1.